The van der Waals surface area contributed by atoms with Gasteiger partial charge < -0.3 is 11.1 Å². The molecular formula is C12H25ClN2OS. The molecule has 0 radical (unpaired) electrons. The number of nitrogens with one attached hydrogen (secondary N) is 1. The van der Waals surface area contributed by atoms with Gasteiger partial charge in [-0.1, -0.05) is 13.8 Å². The standard InChI is InChI=1S/C12H24N2OS.ClH/c1-9(2)7-12(3,8-13)14-11(15)10-5-4-6-16-10;/h9-10H,4-8,13H2,1-3H3,(H,14,15);1H. The highest BCUT2D eigenvalue weighted by molar-refractivity contribution is 8.00. The molecule has 0 aromatic rings. The third-order valence-corrected chi connectivity index (χ3v) is 4.33. The first kappa shape index (κ1) is 17.1. The van der Waals surface area contributed by atoms with Crippen LogP contribution in [0.5, 0.6) is 0 Å². The molecule has 5 heteroatoms. The Kier molecular flexibility index (Phi) is 7.52. The van der Waals surface area contributed by atoms with E-state index in [-0.39, 0.29) is 29.1 Å². The van der Waals surface area contributed by atoms with Crippen molar-refractivity contribution in [3.05, 3.63) is 0 Å². The summed E-state index contributed by atoms with van der Waals surface area (Å²) in [4.78, 5) is 12.0. The van der Waals surface area contributed by atoms with Crippen molar-refractivity contribution in [1.82, 2.24) is 5.32 Å². The van der Waals surface area contributed by atoms with E-state index in [4.69, 9.17) is 5.73 Å². The molecular weight excluding hydrogens is 256 g/mol. The van der Waals surface area contributed by atoms with Gasteiger partial charge in [0.25, 0.3) is 0 Å². The molecule has 1 rings (SSSR count). The minimum Gasteiger partial charge on any atom is -0.349 e. The van der Waals surface area contributed by atoms with Gasteiger partial charge in [0.05, 0.1) is 5.25 Å². The summed E-state index contributed by atoms with van der Waals surface area (Å²) in [6.07, 6.45) is 3.11. The molecule has 1 saturated heterocycles. The molecule has 1 aliphatic rings. The molecule has 2 unspecified atom stereocenters. The molecule has 3 N–H and O–H groups in total. The van der Waals surface area contributed by atoms with Crippen LogP contribution in [0.25, 0.3) is 0 Å². The Labute approximate surface area is 115 Å². The third-order valence-electron chi connectivity index (χ3n) is 2.96. The van der Waals surface area contributed by atoms with Crippen LogP contribution in [-0.2, 0) is 4.79 Å². The lowest BCUT2D eigenvalue weighted by atomic mass is 9.90. The summed E-state index contributed by atoms with van der Waals surface area (Å²) in [6, 6.07) is 0. The molecule has 3 nitrogen and oxygen atoms in total. The SMILES string of the molecule is CC(C)CC(C)(CN)NC(=O)C1CCCS1.Cl. The molecule has 1 aliphatic heterocycles. The van der Waals surface area contributed by atoms with E-state index in [1.807, 2.05) is 6.92 Å². The van der Waals surface area contributed by atoms with Crippen LogP contribution in [0.3, 0.4) is 0 Å². The van der Waals surface area contributed by atoms with E-state index in [1.54, 1.807) is 11.8 Å². The van der Waals surface area contributed by atoms with Crippen molar-refractivity contribution in [2.24, 2.45) is 11.7 Å². The zero-order valence-electron chi connectivity index (χ0n) is 11.0. The Morgan fingerprint density at radius 2 is 2.24 bits per heavy atom. The van der Waals surface area contributed by atoms with E-state index in [1.165, 1.54) is 0 Å². The highest BCUT2D eigenvalue weighted by atomic mass is 35.5. The van der Waals surface area contributed by atoms with E-state index >= 15 is 0 Å². The number of hydrogen-bond donors (Lipinski definition) is 2. The lowest BCUT2D eigenvalue weighted by Gasteiger charge is -2.32. The lowest BCUT2D eigenvalue weighted by molar-refractivity contribution is -0.122. The monoisotopic (exact) mass is 280 g/mol. The number of carbonyl (C=O) groups excluding carboxylic acids is 1. The van der Waals surface area contributed by atoms with Crippen molar-refractivity contribution in [3.8, 4) is 0 Å². The largest absolute Gasteiger partial charge is 0.349 e. The second kappa shape index (κ2) is 7.49. The predicted molar refractivity (Wildman–Crippen MR) is 77.8 cm³/mol. The molecule has 0 aromatic heterocycles. The smallest absolute Gasteiger partial charge is 0.233 e. The minimum atomic E-state index is -0.242. The Morgan fingerprint density at radius 3 is 2.65 bits per heavy atom. The second-order valence-corrected chi connectivity index (χ2v) is 6.66. The minimum absolute atomic E-state index is 0. The zero-order chi connectivity index (χ0) is 12.2. The maximum absolute atomic E-state index is 12.0. The van der Waals surface area contributed by atoms with Crippen molar-refractivity contribution in [1.29, 1.82) is 0 Å². The van der Waals surface area contributed by atoms with Crippen molar-refractivity contribution >= 4 is 30.1 Å². The number of amides is 1. The van der Waals surface area contributed by atoms with E-state index in [0.717, 1.165) is 25.0 Å². The molecule has 2 atom stereocenters. The molecule has 0 saturated carbocycles. The van der Waals surface area contributed by atoms with Crippen molar-refractivity contribution in [3.63, 3.8) is 0 Å². The van der Waals surface area contributed by atoms with Crippen molar-refractivity contribution in [2.45, 2.75) is 50.8 Å². The third kappa shape index (κ3) is 5.49. The van der Waals surface area contributed by atoms with E-state index in [9.17, 15) is 4.79 Å². The predicted octanol–water partition coefficient (Wildman–Crippen LogP) is 2.18. The van der Waals surface area contributed by atoms with Gasteiger partial charge >= 0.3 is 0 Å². The summed E-state index contributed by atoms with van der Waals surface area (Å²) in [6.45, 7) is 6.87. The molecule has 102 valence electrons. The van der Waals surface area contributed by atoms with E-state index < -0.39 is 0 Å². The molecule has 1 amide bonds. The summed E-state index contributed by atoms with van der Waals surface area (Å²) >= 11 is 1.77. The van der Waals surface area contributed by atoms with Gasteiger partial charge in [-0.25, -0.2) is 0 Å². The number of hydrogen-bond acceptors (Lipinski definition) is 3. The maximum Gasteiger partial charge on any atom is 0.233 e. The Morgan fingerprint density at radius 1 is 1.59 bits per heavy atom. The second-order valence-electron chi connectivity index (χ2n) is 5.35. The molecule has 0 aliphatic carbocycles. The molecule has 0 spiro atoms. The van der Waals surface area contributed by atoms with Crippen LogP contribution in [0.1, 0.15) is 40.0 Å². The number of halogens is 1. The topological polar surface area (TPSA) is 55.1 Å². The fraction of sp³-hybridized carbons (Fsp3) is 0.917. The van der Waals surface area contributed by atoms with Crippen LogP contribution >= 0.6 is 24.2 Å². The van der Waals surface area contributed by atoms with Crippen molar-refractivity contribution < 1.29 is 4.79 Å². The summed E-state index contributed by atoms with van der Waals surface area (Å²) < 4.78 is 0. The van der Waals surface area contributed by atoms with Crippen LogP contribution in [0.4, 0.5) is 0 Å². The van der Waals surface area contributed by atoms with Gasteiger partial charge in [0, 0.05) is 12.1 Å². The lowest BCUT2D eigenvalue weighted by Crippen LogP contribution is -2.54. The van der Waals surface area contributed by atoms with Gasteiger partial charge in [0.1, 0.15) is 0 Å². The first-order chi connectivity index (χ1) is 7.47. The summed E-state index contributed by atoms with van der Waals surface area (Å²) in [7, 11) is 0. The summed E-state index contributed by atoms with van der Waals surface area (Å²) in [5, 5.41) is 3.28. The van der Waals surface area contributed by atoms with Gasteiger partial charge in [-0.2, -0.15) is 0 Å². The number of thioether (sulfide) groups is 1. The normalized spacial score (nSPS) is 23.0. The number of carbonyl (C=O) groups is 1. The quantitative estimate of drug-likeness (QED) is 0.812. The van der Waals surface area contributed by atoms with Gasteiger partial charge in [0.2, 0.25) is 5.91 Å². The van der Waals surface area contributed by atoms with Gasteiger partial charge in [-0.05, 0) is 37.9 Å². The van der Waals surface area contributed by atoms with Crippen LogP contribution in [-0.4, -0.2) is 29.0 Å². The molecule has 1 heterocycles. The first-order valence-electron chi connectivity index (χ1n) is 6.10. The Balaban J connectivity index is 0.00000256. The van der Waals surface area contributed by atoms with E-state index in [2.05, 4.69) is 19.2 Å². The highest BCUT2D eigenvalue weighted by Crippen LogP contribution is 2.27. The maximum atomic E-state index is 12.0. The van der Waals surface area contributed by atoms with Crippen LogP contribution in [0.2, 0.25) is 0 Å². The number of rotatable bonds is 5. The zero-order valence-corrected chi connectivity index (χ0v) is 12.6. The molecule has 0 aromatic carbocycles. The summed E-state index contributed by atoms with van der Waals surface area (Å²) in [5.74, 6) is 1.84. The van der Waals surface area contributed by atoms with Gasteiger partial charge in [0.15, 0.2) is 0 Å². The van der Waals surface area contributed by atoms with Crippen molar-refractivity contribution in [2.75, 3.05) is 12.3 Å². The Bertz CT molecular complexity index is 245. The summed E-state index contributed by atoms with van der Waals surface area (Å²) in [5.41, 5.74) is 5.54. The first-order valence-corrected chi connectivity index (χ1v) is 7.15. The highest BCUT2D eigenvalue weighted by Gasteiger charge is 2.30. The Hall–Kier alpha value is 0.0700. The average molecular weight is 281 g/mol. The van der Waals surface area contributed by atoms with Gasteiger partial charge in [-0.15, -0.1) is 24.2 Å². The number of nitrogens with two attached hydrogens (primary N) is 1. The molecule has 17 heavy (non-hydrogen) atoms. The van der Waals surface area contributed by atoms with Crippen LogP contribution < -0.4 is 11.1 Å². The molecule has 0 bridgehead atoms. The van der Waals surface area contributed by atoms with Crippen LogP contribution in [0.15, 0.2) is 0 Å². The fourth-order valence-electron chi connectivity index (χ4n) is 2.25. The van der Waals surface area contributed by atoms with Gasteiger partial charge in [-0.3, -0.25) is 4.79 Å². The van der Waals surface area contributed by atoms with E-state index in [0.29, 0.717) is 12.5 Å². The fourth-order valence-corrected chi connectivity index (χ4v) is 3.41. The average Bonchev–Trinajstić information content (AvgIpc) is 2.69. The van der Waals surface area contributed by atoms with Crippen LogP contribution in [0, 0.1) is 5.92 Å². The molecule has 1 fully saturated rings.